The van der Waals surface area contributed by atoms with Gasteiger partial charge in [-0.2, -0.15) is 10.2 Å². The van der Waals surface area contributed by atoms with Crippen molar-refractivity contribution in [2.75, 3.05) is 24.6 Å². The minimum absolute atomic E-state index is 0.398. The molecule has 7 heteroatoms. The second-order valence-electron chi connectivity index (χ2n) is 7.67. The summed E-state index contributed by atoms with van der Waals surface area (Å²) in [6, 6.07) is 12.3. The fourth-order valence-electron chi connectivity index (χ4n) is 3.71. The third kappa shape index (κ3) is 3.79. The van der Waals surface area contributed by atoms with E-state index in [1.54, 1.807) is 12.4 Å². The molecule has 0 amide bonds. The molecule has 3 heterocycles. The predicted octanol–water partition coefficient (Wildman–Crippen LogP) is 3.79. The first-order valence-electron chi connectivity index (χ1n) is 9.96. The Morgan fingerprint density at radius 2 is 2.03 bits per heavy atom. The monoisotopic (exact) mass is 387 g/mol. The van der Waals surface area contributed by atoms with Crippen LogP contribution < -0.4 is 9.64 Å². The van der Waals surface area contributed by atoms with Gasteiger partial charge in [0.1, 0.15) is 17.5 Å². The molecule has 29 heavy (non-hydrogen) atoms. The van der Waals surface area contributed by atoms with Crippen LogP contribution in [0.3, 0.4) is 0 Å². The third-order valence-corrected chi connectivity index (χ3v) is 5.53. The summed E-state index contributed by atoms with van der Waals surface area (Å²) in [7, 11) is 0. The van der Waals surface area contributed by atoms with Crippen molar-refractivity contribution in [2.45, 2.75) is 25.2 Å². The summed E-state index contributed by atoms with van der Waals surface area (Å²) in [4.78, 5) is 11.2. The molecule has 7 nitrogen and oxygen atoms in total. The summed E-state index contributed by atoms with van der Waals surface area (Å²) in [5, 5.41) is 13.1. The van der Waals surface area contributed by atoms with Gasteiger partial charge in [0.15, 0.2) is 5.76 Å². The molecule has 1 saturated carbocycles. The fraction of sp³-hybridized carbons (Fsp3) is 0.364. The molecule has 2 aliphatic rings. The van der Waals surface area contributed by atoms with Gasteiger partial charge in [-0.3, -0.25) is 0 Å². The normalized spacial score (nSPS) is 18.6. The van der Waals surface area contributed by atoms with E-state index >= 15 is 0 Å². The first kappa shape index (κ1) is 17.7. The smallest absolute Gasteiger partial charge is 0.235 e. The summed E-state index contributed by atoms with van der Waals surface area (Å²) >= 11 is 0. The lowest BCUT2D eigenvalue weighted by Crippen LogP contribution is -2.22. The van der Waals surface area contributed by atoms with Crippen molar-refractivity contribution in [2.24, 2.45) is 5.92 Å². The Morgan fingerprint density at radius 1 is 1.17 bits per heavy atom. The van der Waals surface area contributed by atoms with Crippen molar-refractivity contribution in [1.29, 1.82) is 5.26 Å². The number of ether oxygens (including phenoxy) is 1. The number of aromatic nitrogens is 3. The Balaban J connectivity index is 1.21. The van der Waals surface area contributed by atoms with Crippen LogP contribution in [0.5, 0.6) is 5.88 Å². The van der Waals surface area contributed by atoms with Gasteiger partial charge in [0.25, 0.3) is 0 Å². The van der Waals surface area contributed by atoms with Gasteiger partial charge in [-0.1, -0.05) is 5.16 Å². The van der Waals surface area contributed by atoms with Gasteiger partial charge < -0.3 is 14.2 Å². The van der Waals surface area contributed by atoms with E-state index in [9.17, 15) is 5.26 Å². The maximum absolute atomic E-state index is 9.31. The van der Waals surface area contributed by atoms with Gasteiger partial charge in [0, 0.05) is 42.2 Å². The topological polar surface area (TPSA) is 88.1 Å². The average molecular weight is 387 g/mol. The van der Waals surface area contributed by atoms with E-state index in [1.165, 1.54) is 5.69 Å². The van der Waals surface area contributed by atoms with Crippen LogP contribution in [0.2, 0.25) is 0 Å². The van der Waals surface area contributed by atoms with Crippen LogP contribution in [-0.2, 0) is 0 Å². The van der Waals surface area contributed by atoms with Crippen molar-refractivity contribution in [3.63, 3.8) is 0 Å². The molecule has 1 saturated heterocycles. The number of benzene rings is 1. The molecule has 146 valence electrons. The first-order valence-corrected chi connectivity index (χ1v) is 9.96. The summed E-state index contributed by atoms with van der Waals surface area (Å²) in [5.74, 6) is 2.84. The minimum atomic E-state index is 0.398. The van der Waals surface area contributed by atoms with Crippen LogP contribution in [-0.4, -0.2) is 34.8 Å². The maximum atomic E-state index is 9.31. The van der Waals surface area contributed by atoms with Gasteiger partial charge >= 0.3 is 0 Å². The zero-order chi connectivity index (χ0) is 19.6. The molecule has 0 unspecified atom stereocenters. The zero-order valence-corrected chi connectivity index (χ0v) is 16.0. The molecule has 1 aliphatic carbocycles. The van der Waals surface area contributed by atoms with Crippen LogP contribution >= 0.6 is 0 Å². The lowest BCUT2D eigenvalue weighted by Gasteiger charge is -2.19. The van der Waals surface area contributed by atoms with E-state index in [0.717, 1.165) is 49.5 Å². The quantitative estimate of drug-likeness (QED) is 0.636. The lowest BCUT2D eigenvalue weighted by molar-refractivity contribution is 0.250. The van der Waals surface area contributed by atoms with Crippen molar-refractivity contribution in [3.05, 3.63) is 54.1 Å². The van der Waals surface area contributed by atoms with Crippen LogP contribution in [0.25, 0.3) is 11.3 Å². The van der Waals surface area contributed by atoms with Gasteiger partial charge in [0.2, 0.25) is 5.88 Å². The maximum Gasteiger partial charge on any atom is 0.235 e. The number of rotatable bonds is 6. The Labute approximate surface area is 168 Å². The number of nitriles is 1. The van der Waals surface area contributed by atoms with Crippen molar-refractivity contribution in [3.8, 4) is 23.3 Å². The van der Waals surface area contributed by atoms with Crippen molar-refractivity contribution in [1.82, 2.24) is 15.1 Å². The Kier molecular flexibility index (Phi) is 4.60. The Morgan fingerprint density at radius 3 is 2.76 bits per heavy atom. The van der Waals surface area contributed by atoms with E-state index in [2.05, 4.69) is 50.4 Å². The third-order valence-electron chi connectivity index (χ3n) is 5.53. The van der Waals surface area contributed by atoms with Gasteiger partial charge in [-0.15, -0.1) is 0 Å². The highest BCUT2D eigenvalue weighted by Crippen LogP contribution is 2.38. The predicted molar refractivity (Wildman–Crippen MR) is 106 cm³/mol. The zero-order valence-electron chi connectivity index (χ0n) is 16.0. The van der Waals surface area contributed by atoms with Crippen molar-refractivity contribution >= 4 is 5.69 Å². The van der Waals surface area contributed by atoms with E-state index in [-0.39, 0.29) is 0 Å². The van der Waals surface area contributed by atoms with Crippen molar-refractivity contribution < 1.29 is 9.26 Å². The lowest BCUT2D eigenvalue weighted by atomic mass is 10.1. The van der Waals surface area contributed by atoms with Crippen LogP contribution in [0.15, 0.2) is 47.2 Å². The molecule has 3 aromatic rings. The Hall–Kier alpha value is -3.40. The second-order valence-corrected chi connectivity index (χ2v) is 7.67. The molecule has 5 rings (SSSR count). The SMILES string of the molecule is N#Cc1cnc(C2CC2)nc1OC[C@H]1CCN(c2ccc(-c3ccno3)cc2)C1. The molecule has 0 spiro atoms. The summed E-state index contributed by atoms with van der Waals surface area (Å²) in [6.45, 7) is 2.46. The first-order chi connectivity index (χ1) is 14.3. The minimum Gasteiger partial charge on any atom is -0.476 e. The van der Waals surface area contributed by atoms with Crippen LogP contribution in [0.4, 0.5) is 5.69 Å². The van der Waals surface area contributed by atoms with Gasteiger partial charge in [-0.25, -0.2) is 4.98 Å². The average Bonchev–Trinajstić information content (AvgIpc) is 3.26. The van der Waals surface area contributed by atoms with E-state index in [4.69, 9.17) is 9.26 Å². The van der Waals surface area contributed by atoms with E-state index in [1.807, 2.05) is 6.07 Å². The highest BCUT2D eigenvalue weighted by molar-refractivity contribution is 5.61. The molecular formula is C22H21N5O2. The highest BCUT2D eigenvalue weighted by Gasteiger charge is 2.28. The molecule has 0 N–H and O–H groups in total. The molecule has 0 radical (unpaired) electrons. The molecule has 1 aromatic carbocycles. The molecule has 1 atom stereocenters. The van der Waals surface area contributed by atoms with Gasteiger partial charge in [-0.05, 0) is 43.5 Å². The summed E-state index contributed by atoms with van der Waals surface area (Å²) in [5.41, 5.74) is 2.61. The highest BCUT2D eigenvalue weighted by atomic mass is 16.5. The Bertz CT molecular complexity index is 1020. The van der Waals surface area contributed by atoms with Crippen LogP contribution in [0.1, 0.15) is 36.6 Å². The fourth-order valence-corrected chi connectivity index (χ4v) is 3.71. The van der Waals surface area contributed by atoms with Crippen LogP contribution in [0, 0.1) is 17.2 Å². The standard InChI is InChI=1S/C22H21N5O2/c23-11-18-12-24-21(17-1-2-17)26-22(18)28-14-15-8-10-27(13-15)19-5-3-16(4-6-19)20-7-9-25-29-20/h3-7,9,12,15,17H,1-2,8,10,13-14H2/t15-/m0/s1. The molecule has 2 aromatic heterocycles. The molecular weight excluding hydrogens is 366 g/mol. The molecule has 2 fully saturated rings. The number of anilines is 1. The largest absolute Gasteiger partial charge is 0.476 e. The number of hydrogen-bond donors (Lipinski definition) is 0. The molecule has 0 bridgehead atoms. The van der Waals surface area contributed by atoms with E-state index < -0.39 is 0 Å². The second kappa shape index (κ2) is 7.55. The van der Waals surface area contributed by atoms with Gasteiger partial charge in [0.05, 0.1) is 19.0 Å². The summed E-state index contributed by atoms with van der Waals surface area (Å²) in [6.07, 6.45) is 6.53. The number of hydrogen-bond acceptors (Lipinski definition) is 7. The molecule has 1 aliphatic heterocycles. The van der Waals surface area contributed by atoms with E-state index in [0.29, 0.717) is 29.9 Å². The number of nitrogens with zero attached hydrogens (tertiary/aromatic N) is 5. The summed E-state index contributed by atoms with van der Waals surface area (Å²) < 4.78 is 11.2.